The molecule has 1 aromatic heterocycles. The van der Waals surface area contributed by atoms with Gasteiger partial charge in [0.05, 0.1) is 18.2 Å². The molecule has 0 aliphatic heterocycles. The number of amides is 2. The summed E-state index contributed by atoms with van der Waals surface area (Å²) in [4.78, 5) is 31.3. The number of fused-ring (bicyclic) bond motifs is 1. The van der Waals surface area contributed by atoms with Gasteiger partial charge in [0.2, 0.25) is 5.91 Å². The van der Waals surface area contributed by atoms with Crippen LogP contribution in [0, 0.1) is 0 Å². The highest BCUT2D eigenvalue weighted by molar-refractivity contribution is 5.91. The average molecular weight is 548 g/mol. The number of nitrogens with one attached hydrogen (secondary N) is 2. The van der Waals surface area contributed by atoms with Crippen LogP contribution in [0.4, 0.5) is 4.79 Å². The molecule has 0 radical (unpaired) electrons. The fourth-order valence-electron chi connectivity index (χ4n) is 4.98. The monoisotopic (exact) mass is 547 g/mol. The summed E-state index contributed by atoms with van der Waals surface area (Å²) < 4.78 is 5.68. The summed E-state index contributed by atoms with van der Waals surface area (Å²) in [6, 6.07) is 18.8. The lowest BCUT2D eigenvalue weighted by Crippen LogP contribution is -2.60. The van der Waals surface area contributed by atoms with Crippen molar-refractivity contribution in [3.63, 3.8) is 0 Å². The minimum absolute atomic E-state index is 0.228. The molecule has 0 bridgehead atoms. The molecule has 3 unspecified atom stereocenters. The summed E-state index contributed by atoms with van der Waals surface area (Å²) in [5.41, 5.74) is 1.37. The standard InChI is InChI=1S/C33H45N3O4/c1-4-5-6-7-8-10-15-25(2)40-32(39)36-33(3,23-27-20-21-34-30-19-14-13-18-29(27)30)31(38)35-28(24-37)22-26-16-11-9-12-17-26/h9,11-14,16-21,25,28,37H,4-8,10,15,22-24H2,1-3H3,(H,35,38)(H,36,39). The molecule has 3 aromatic rings. The first-order chi connectivity index (χ1) is 19.3. The van der Waals surface area contributed by atoms with Gasteiger partial charge in [0, 0.05) is 18.0 Å². The number of rotatable bonds is 16. The van der Waals surface area contributed by atoms with E-state index in [4.69, 9.17) is 4.74 Å². The van der Waals surface area contributed by atoms with Gasteiger partial charge in [-0.2, -0.15) is 0 Å². The summed E-state index contributed by atoms with van der Waals surface area (Å²) in [7, 11) is 0. The molecule has 0 saturated heterocycles. The Bertz CT molecular complexity index is 1200. The van der Waals surface area contributed by atoms with Crippen molar-refractivity contribution < 1.29 is 19.4 Å². The highest BCUT2D eigenvalue weighted by atomic mass is 16.6. The van der Waals surface area contributed by atoms with Gasteiger partial charge in [0.25, 0.3) is 0 Å². The van der Waals surface area contributed by atoms with E-state index in [1.807, 2.05) is 67.6 Å². The summed E-state index contributed by atoms with van der Waals surface area (Å²) in [6.07, 6.45) is 9.32. The fraction of sp³-hybridized carbons (Fsp3) is 0.485. The molecular formula is C33H45N3O4. The summed E-state index contributed by atoms with van der Waals surface area (Å²) >= 11 is 0. The number of hydrogen-bond donors (Lipinski definition) is 3. The smallest absolute Gasteiger partial charge is 0.408 e. The van der Waals surface area contributed by atoms with Crippen LogP contribution in [0.15, 0.2) is 66.9 Å². The van der Waals surface area contributed by atoms with E-state index in [1.165, 1.54) is 25.7 Å². The summed E-state index contributed by atoms with van der Waals surface area (Å²) in [6.45, 7) is 5.57. The van der Waals surface area contributed by atoms with E-state index in [2.05, 4.69) is 22.5 Å². The molecule has 7 heteroatoms. The Balaban J connectivity index is 1.72. The summed E-state index contributed by atoms with van der Waals surface area (Å²) in [5, 5.41) is 16.8. The van der Waals surface area contributed by atoms with Crippen molar-refractivity contribution in [2.24, 2.45) is 0 Å². The van der Waals surface area contributed by atoms with E-state index >= 15 is 0 Å². The number of para-hydroxylation sites is 1. The average Bonchev–Trinajstić information content (AvgIpc) is 2.95. The van der Waals surface area contributed by atoms with Crippen molar-refractivity contribution in [1.29, 1.82) is 0 Å². The second kappa shape index (κ2) is 16.0. The zero-order valence-electron chi connectivity index (χ0n) is 24.2. The SMILES string of the molecule is CCCCCCCCC(C)OC(=O)NC(C)(Cc1ccnc2ccccc12)C(=O)NC(CO)Cc1ccccc1. The van der Waals surface area contributed by atoms with Crippen molar-refractivity contribution >= 4 is 22.9 Å². The van der Waals surface area contributed by atoms with Crippen molar-refractivity contribution in [1.82, 2.24) is 15.6 Å². The Labute approximate surface area is 238 Å². The van der Waals surface area contributed by atoms with E-state index < -0.39 is 17.7 Å². The molecule has 0 aliphatic carbocycles. The molecule has 7 nitrogen and oxygen atoms in total. The van der Waals surface area contributed by atoms with Crippen molar-refractivity contribution in [2.45, 2.75) is 96.2 Å². The molecule has 40 heavy (non-hydrogen) atoms. The lowest BCUT2D eigenvalue weighted by atomic mass is 9.89. The number of benzene rings is 2. The number of unbranched alkanes of at least 4 members (excludes halogenated alkanes) is 5. The Morgan fingerprint density at radius 3 is 2.42 bits per heavy atom. The van der Waals surface area contributed by atoms with Crippen LogP contribution in [0.3, 0.4) is 0 Å². The minimum Gasteiger partial charge on any atom is -0.447 e. The van der Waals surface area contributed by atoms with Crippen LogP contribution in [-0.2, 0) is 22.4 Å². The second-order valence-corrected chi connectivity index (χ2v) is 10.9. The third-order valence-corrected chi connectivity index (χ3v) is 7.32. The number of carbonyl (C=O) groups is 2. The molecule has 1 heterocycles. The van der Waals surface area contributed by atoms with Gasteiger partial charge in [-0.3, -0.25) is 9.78 Å². The first-order valence-electron chi connectivity index (χ1n) is 14.6. The number of pyridine rings is 1. The maximum Gasteiger partial charge on any atom is 0.408 e. The number of aliphatic hydroxyl groups is 1. The third kappa shape index (κ3) is 9.63. The van der Waals surface area contributed by atoms with Gasteiger partial charge >= 0.3 is 6.09 Å². The van der Waals surface area contributed by atoms with Crippen LogP contribution in [0.25, 0.3) is 10.9 Å². The molecule has 2 aromatic carbocycles. The number of alkyl carbamates (subject to hydrolysis) is 1. The van der Waals surface area contributed by atoms with E-state index in [0.717, 1.165) is 41.3 Å². The van der Waals surface area contributed by atoms with Gasteiger partial charge in [0.15, 0.2) is 0 Å². The Morgan fingerprint density at radius 2 is 1.68 bits per heavy atom. The van der Waals surface area contributed by atoms with Crippen LogP contribution < -0.4 is 10.6 Å². The van der Waals surface area contributed by atoms with Crippen LogP contribution in [0.2, 0.25) is 0 Å². The summed E-state index contributed by atoms with van der Waals surface area (Å²) in [5.74, 6) is -0.385. The molecular weight excluding hydrogens is 502 g/mol. The minimum atomic E-state index is -1.33. The normalized spacial score (nSPS) is 14.2. The molecule has 3 N–H and O–H groups in total. The van der Waals surface area contributed by atoms with Gasteiger partial charge in [0.1, 0.15) is 11.6 Å². The van der Waals surface area contributed by atoms with Gasteiger partial charge in [-0.25, -0.2) is 4.79 Å². The number of ether oxygens (including phenoxy) is 1. The first-order valence-corrected chi connectivity index (χ1v) is 14.6. The Morgan fingerprint density at radius 1 is 0.975 bits per heavy atom. The van der Waals surface area contributed by atoms with Gasteiger partial charge in [-0.15, -0.1) is 0 Å². The first kappa shape index (κ1) is 31.1. The maximum atomic E-state index is 13.8. The molecule has 3 rings (SSSR count). The highest BCUT2D eigenvalue weighted by Gasteiger charge is 2.37. The Hall–Kier alpha value is -3.45. The topological polar surface area (TPSA) is 101 Å². The van der Waals surface area contributed by atoms with Crippen LogP contribution in [0.5, 0.6) is 0 Å². The molecule has 216 valence electrons. The van der Waals surface area contributed by atoms with Gasteiger partial charge < -0.3 is 20.5 Å². The number of aliphatic hydroxyl groups excluding tert-OH is 1. The van der Waals surface area contributed by atoms with Crippen molar-refractivity contribution in [3.05, 3.63) is 78.0 Å². The predicted octanol–water partition coefficient (Wildman–Crippen LogP) is 6.12. The number of nitrogens with zero attached hydrogens (tertiary/aromatic N) is 1. The molecule has 0 saturated carbocycles. The lowest BCUT2D eigenvalue weighted by molar-refractivity contribution is -0.128. The molecule has 2 amide bonds. The number of aromatic nitrogens is 1. The largest absolute Gasteiger partial charge is 0.447 e. The molecule has 0 aliphatic rings. The zero-order valence-corrected chi connectivity index (χ0v) is 24.2. The Kier molecular flexibility index (Phi) is 12.4. The van der Waals surface area contributed by atoms with E-state index in [-0.39, 0.29) is 25.0 Å². The van der Waals surface area contributed by atoms with Crippen LogP contribution in [0.1, 0.15) is 76.8 Å². The van der Waals surface area contributed by atoms with E-state index in [0.29, 0.717) is 6.42 Å². The number of carbonyl (C=O) groups excluding carboxylic acids is 2. The van der Waals surface area contributed by atoms with Crippen LogP contribution >= 0.6 is 0 Å². The van der Waals surface area contributed by atoms with Gasteiger partial charge in [-0.1, -0.05) is 87.6 Å². The quantitative estimate of drug-likeness (QED) is 0.188. The van der Waals surface area contributed by atoms with Crippen molar-refractivity contribution in [2.75, 3.05) is 6.61 Å². The third-order valence-electron chi connectivity index (χ3n) is 7.32. The molecule has 0 spiro atoms. The van der Waals surface area contributed by atoms with Gasteiger partial charge in [-0.05, 0) is 56.4 Å². The second-order valence-electron chi connectivity index (χ2n) is 10.9. The van der Waals surface area contributed by atoms with Crippen LogP contribution in [-0.4, -0.2) is 46.4 Å². The van der Waals surface area contributed by atoms with Crippen molar-refractivity contribution in [3.8, 4) is 0 Å². The van der Waals surface area contributed by atoms with E-state index in [1.54, 1.807) is 13.1 Å². The maximum absolute atomic E-state index is 13.8. The predicted molar refractivity (Wildman–Crippen MR) is 160 cm³/mol. The highest BCUT2D eigenvalue weighted by Crippen LogP contribution is 2.23. The zero-order chi connectivity index (χ0) is 28.8. The number of hydrogen-bond acceptors (Lipinski definition) is 5. The fourth-order valence-corrected chi connectivity index (χ4v) is 4.98. The van der Waals surface area contributed by atoms with E-state index in [9.17, 15) is 14.7 Å². The molecule has 0 fully saturated rings. The lowest BCUT2D eigenvalue weighted by Gasteiger charge is -2.32. The molecule has 3 atom stereocenters.